The zero-order valence-electron chi connectivity index (χ0n) is 8.61. The van der Waals surface area contributed by atoms with Gasteiger partial charge in [-0.25, -0.2) is 9.97 Å². The van der Waals surface area contributed by atoms with Gasteiger partial charge < -0.3 is 0 Å². The minimum absolute atomic E-state index is 0.0875. The highest BCUT2D eigenvalue weighted by Gasteiger charge is 2.16. The lowest BCUT2D eigenvalue weighted by Crippen LogP contribution is -1.97. The van der Waals surface area contributed by atoms with Crippen LogP contribution in [0.3, 0.4) is 0 Å². The van der Waals surface area contributed by atoms with Crippen LogP contribution in [0.5, 0.6) is 0 Å². The molecule has 17 heavy (non-hydrogen) atoms. The van der Waals surface area contributed by atoms with Crippen LogP contribution in [0.2, 0.25) is 0 Å². The van der Waals surface area contributed by atoms with Gasteiger partial charge >= 0.3 is 0 Å². The summed E-state index contributed by atoms with van der Waals surface area (Å²) in [5, 5.41) is 10.8. The molecule has 0 saturated carbocycles. The maximum absolute atomic E-state index is 10.8. The van der Waals surface area contributed by atoms with E-state index >= 15 is 0 Å². The van der Waals surface area contributed by atoms with E-state index in [1.54, 1.807) is 18.2 Å². The number of carbonyl (C=O) groups is 1. The van der Waals surface area contributed by atoms with Crippen LogP contribution >= 0.6 is 0 Å². The summed E-state index contributed by atoms with van der Waals surface area (Å²) in [5.74, 6) is 0.168. The fourth-order valence-corrected chi connectivity index (χ4v) is 1.39. The van der Waals surface area contributed by atoms with Gasteiger partial charge in [0.1, 0.15) is 5.69 Å². The van der Waals surface area contributed by atoms with Gasteiger partial charge in [0.25, 0.3) is 5.69 Å². The van der Waals surface area contributed by atoms with E-state index in [0.717, 1.165) is 0 Å². The third kappa shape index (κ3) is 2.15. The van der Waals surface area contributed by atoms with Crippen LogP contribution in [0.1, 0.15) is 10.5 Å². The maximum atomic E-state index is 10.8. The molecule has 0 fully saturated rings. The topological polar surface area (TPSA) is 86.0 Å². The monoisotopic (exact) mass is 229 g/mol. The number of nitro benzene ring substituents is 1. The highest BCUT2D eigenvalue weighted by atomic mass is 16.6. The molecule has 6 heteroatoms. The molecular formula is C11H7N3O3. The first-order valence-corrected chi connectivity index (χ1v) is 4.74. The highest BCUT2D eigenvalue weighted by Crippen LogP contribution is 2.26. The van der Waals surface area contributed by atoms with Crippen LogP contribution in [-0.4, -0.2) is 21.2 Å². The summed E-state index contributed by atoms with van der Waals surface area (Å²) >= 11 is 0. The van der Waals surface area contributed by atoms with Gasteiger partial charge in [-0.05, 0) is 12.1 Å². The second kappa shape index (κ2) is 4.48. The number of para-hydroxylation sites is 1. The summed E-state index contributed by atoms with van der Waals surface area (Å²) in [5.41, 5.74) is 0.393. The zero-order valence-corrected chi connectivity index (χ0v) is 8.61. The Balaban J connectivity index is 2.59. The normalized spacial score (nSPS) is 9.88. The van der Waals surface area contributed by atoms with Crippen LogP contribution in [0.4, 0.5) is 5.69 Å². The lowest BCUT2D eigenvalue weighted by molar-refractivity contribution is -0.384. The molecule has 0 bridgehead atoms. The molecule has 2 rings (SSSR count). The number of carbonyl (C=O) groups excluding carboxylic acids is 1. The predicted octanol–water partition coefficient (Wildman–Crippen LogP) is 1.86. The molecule has 1 heterocycles. The first-order chi connectivity index (χ1) is 8.22. The summed E-state index contributed by atoms with van der Waals surface area (Å²) in [6.07, 6.45) is 1.96. The van der Waals surface area contributed by atoms with Crippen LogP contribution < -0.4 is 0 Å². The van der Waals surface area contributed by atoms with Gasteiger partial charge in [0.2, 0.25) is 0 Å². The minimum atomic E-state index is -0.508. The van der Waals surface area contributed by atoms with Crippen molar-refractivity contribution in [2.75, 3.05) is 0 Å². The molecule has 1 aromatic carbocycles. The molecule has 0 spiro atoms. The van der Waals surface area contributed by atoms with Crippen molar-refractivity contribution in [2.24, 2.45) is 0 Å². The van der Waals surface area contributed by atoms with Crippen molar-refractivity contribution < 1.29 is 9.72 Å². The number of aromatic nitrogens is 2. The third-order valence-electron chi connectivity index (χ3n) is 2.14. The Morgan fingerprint density at radius 2 is 2.00 bits per heavy atom. The second-order valence-corrected chi connectivity index (χ2v) is 3.20. The van der Waals surface area contributed by atoms with Gasteiger partial charge in [-0.2, -0.15) is 0 Å². The van der Waals surface area contributed by atoms with Gasteiger partial charge in [0.05, 0.1) is 10.5 Å². The number of aldehydes is 1. The van der Waals surface area contributed by atoms with Crippen LogP contribution in [0.25, 0.3) is 11.4 Å². The smallest absolute Gasteiger partial charge is 0.280 e. The second-order valence-electron chi connectivity index (χ2n) is 3.20. The molecule has 1 aromatic heterocycles. The molecule has 0 radical (unpaired) electrons. The van der Waals surface area contributed by atoms with Gasteiger partial charge in [-0.3, -0.25) is 14.9 Å². The average molecular weight is 229 g/mol. The predicted molar refractivity (Wildman–Crippen MR) is 59.5 cm³/mol. The van der Waals surface area contributed by atoms with E-state index in [0.29, 0.717) is 11.8 Å². The summed E-state index contributed by atoms with van der Waals surface area (Å²) in [4.78, 5) is 28.8. The first kappa shape index (κ1) is 10.9. The van der Waals surface area contributed by atoms with E-state index in [2.05, 4.69) is 9.97 Å². The summed E-state index contributed by atoms with van der Waals surface area (Å²) < 4.78 is 0. The van der Waals surface area contributed by atoms with Gasteiger partial charge in [-0.15, -0.1) is 0 Å². The molecular weight excluding hydrogens is 222 g/mol. The summed E-state index contributed by atoms with van der Waals surface area (Å²) in [7, 11) is 0. The standard InChI is InChI=1S/C11H7N3O3/c15-7-8-5-6-12-11(13-8)9-3-1-2-4-10(9)14(16)17/h1-7H. The van der Waals surface area contributed by atoms with Gasteiger partial charge in [-0.1, -0.05) is 12.1 Å². The molecule has 0 atom stereocenters. The number of rotatable bonds is 3. The Kier molecular flexibility index (Phi) is 2.87. The molecule has 6 nitrogen and oxygen atoms in total. The summed E-state index contributed by atoms with van der Waals surface area (Å²) in [6, 6.07) is 7.56. The Hall–Kier alpha value is -2.63. The SMILES string of the molecule is O=Cc1ccnc(-c2ccccc2[N+](=O)[O-])n1. The quantitative estimate of drug-likeness (QED) is 0.455. The Labute approximate surface area is 96.1 Å². The lowest BCUT2D eigenvalue weighted by Gasteiger charge is -2.01. The molecule has 0 amide bonds. The van der Waals surface area contributed by atoms with Crippen molar-refractivity contribution in [3.63, 3.8) is 0 Å². The number of hydrogen-bond acceptors (Lipinski definition) is 5. The highest BCUT2D eigenvalue weighted by molar-refractivity contribution is 5.74. The molecule has 0 aliphatic carbocycles. The van der Waals surface area contributed by atoms with Crippen LogP contribution in [-0.2, 0) is 0 Å². The van der Waals surface area contributed by atoms with E-state index in [1.807, 2.05) is 0 Å². The average Bonchev–Trinajstić information content (AvgIpc) is 2.39. The molecule has 0 unspecified atom stereocenters. The van der Waals surface area contributed by atoms with Crippen molar-refractivity contribution in [2.45, 2.75) is 0 Å². The maximum Gasteiger partial charge on any atom is 0.280 e. The fraction of sp³-hybridized carbons (Fsp3) is 0. The van der Waals surface area contributed by atoms with Gasteiger partial charge in [0, 0.05) is 12.3 Å². The van der Waals surface area contributed by atoms with E-state index in [4.69, 9.17) is 0 Å². The number of nitrogens with zero attached hydrogens (tertiary/aromatic N) is 3. The van der Waals surface area contributed by atoms with Crippen LogP contribution in [0, 0.1) is 10.1 Å². The molecule has 84 valence electrons. The van der Waals surface area contributed by atoms with Crippen LogP contribution in [0.15, 0.2) is 36.5 Å². The lowest BCUT2D eigenvalue weighted by atomic mass is 10.1. The van der Waals surface area contributed by atoms with Crippen molar-refractivity contribution in [3.05, 3.63) is 52.3 Å². The molecule has 0 aliphatic rings. The van der Waals surface area contributed by atoms with Gasteiger partial charge in [0.15, 0.2) is 12.1 Å². The van der Waals surface area contributed by atoms with E-state index in [-0.39, 0.29) is 17.2 Å². The van der Waals surface area contributed by atoms with E-state index in [9.17, 15) is 14.9 Å². The summed E-state index contributed by atoms with van der Waals surface area (Å²) in [6.45, 7) is 0. The number of benzene rings is 1. The van der Waals surface area contributed by atoms with Crippen molar-refractivity contribution in [1.82, 2.24) is 9.97 Å². The van der Waals surface area contributed by atoms with E-state index in [1.165, 1.54) is 18.3 Å². The first-order valence-electron chi connectivity index (χ1n) is 4.74. The minimum Gasteiger partial charge on any atom is -0.296 e. The Bertz CT molecular complexity index is 584. The third-order valence-corrected chi connectivity index (χ3v) is 2.14. The fourth-order valence-electron chi connectivity index (χ4n) is 1.39. The molecule has 0 saturated heterocycles. The molecule has 0 N–H and O–H groups in total. The largest absolute Gasteiger partial charge is 0.296 e. The van der Waals surface area contributed by atoms with Crippen molar-refractivity contribution >= 4 is 12.0 Å². The van der Waals surface area contributed by atoms with Crippen molar-refractivity contribution in [3.8, 4) is 11.4 Å². The molecule has 2 aromatic rings. The zero-order chi connectivity index (χ0) is 12.3. The van der Waals surface area contributed by atoms with Crippen molar-refractivity contribution in [1.29, 1.82) is 0 Å². The number of hydrogen-bond donors (Lipinski definition) is 0. The Morgan fingerprint density at radius 1 is 1.24 bits per heavy atom. The van der Waals surface area contributed by atoms with E-state index < -0.39 is 4.92 Å². The number of nitro groups is 1. The Morgan fingerprint density at radius 3 is 2.71 bits per heavy atom. The molecule has 0 aliphatic heterocycles.